The normalized spacial score (nSPS) is 12.8. The molecular weight excluding hydrogens is 693 g/mol. The average Bonchev–Trinajstić information content (AvgIpc) is 3.14. The highest BCUT2D eigenvalue weighted by atomic mass is 32.2. The fourth-order valence-electron chi connectivity index (χ4n) is 5.92. The minimum atomic E-state index is -5.01. The number of hydrogen-bond donors (Lipinski definition) is 2. The Morgan fingerprint density at radius 1 is 0.566 bits per heavy atom. The van der Waals surface area contributed by atoms with Gasteiger partial charge >= 0.3 is 0 Å². The van der Waals surface area contributed by atoms with E-state index in [0.29, 0.717) is 5.56 Å². The monoisotopic (exact) mass is 745 g/mol. The average molecular weight is 746 g/mol. The van der Waals surface area contributed by atoms with Crippen molar-refractivity contribution in [3.63, 3.8) is 0 Å². The summed E-state index contributed by atoms with van der Waals surface area (Å²) in [6.45, 7) is 24.5. The highest BCUT2D eigenvalue weighted by Crippen LogP contribution is 2.40. The molecule has 4 aromatic rings. The van der Waals surface area contributed by atoms with Crippen LogP contribution in [0.2, 0.25) is 0 Å². The Balaban J connectivity index is 0.000000603. The van der Waals surface area contributed by atoms with Gasteiger partial charge in [0.05, 0.1) is 10.6 Å². The number of benzene rings is 4. The summed E-state index contributed by atoms with van der Waals surface area (Å²) in [5.74, 6) is -2.65. The Morgan fingerprint density at radius 2 is 0.943 bits per heavy atom. The molecule has 286 valence electrons. The lowest BCUT2D eigenvalue weighted by Crippen LogP contribution is -2.42. The van der Waals surface area contributed by atoms with E-state index in [-0.39, 0.29) is 44.3 Å². The Labute approximate surface area is 314 Å². The summed E-state index contributed by atoms with van der Waals surface area (Å²) in [5, 5.41) is 6.64. The van der Waals surface area contributed by atoms with E-state index in [2.05, 4.69) is 38.3 Å². The van der Waals surface area contributed by atoms with E-state index in [1.807, 2.05) is 40.7 Å². The van der Waals surface area contributed by atoms with Gasteiger partial charge < -0.3 is 15.2 Å². The Kier molecular flexibility index (Phi) is 16.7. The summed E-state index contributed by atoms with van der Waals surface area (Å²) < 4.78 is 37.0. The third-order valence-corrected chi connectivity index (χ3v) is 9.14. The van der Waals surface area contributed by atoms with Crippen LogP contribution < -0.4 is 15.5 Å². The van der Waals surface area contributed by atoms with Crippen LogP contribution in [0.5, 0.6) is 0 Å². The fraction of sp³-hybridized carbons (Fsp3) is 0.366. The van der Waals surface area contributed by atoms with Gasteiger partial charge in [0.15, 0.2) is 0 Å². The molecule has 2 aliphatic heterocycles. The molecular formula is C41H53N4O7S-. The first-order chi connectivity index (χ1) is 25.2. The quantitative estimate of drug-likeness (QED) is 0.146. The molecule has 0 aromatic heterocycles. The third-order valence-electron chi connectivity index (χ3n) is 8.26. The first-order valence-corrected chi connectivity index (χ1v) is 19.5. The summed E-state index contributed by atoms with van der Waals surface area (Å²) >= 11 is 0. The fourth-order valence-corrected chi connectivity index (χ4v) is 6.64. The van der Waals surface area contributed by atoms with E-state index in [1.165, 1.54) is 43.4 Å². The molecule has 0 saturated carbocycles. The first kappa shape index (κ1) is 44.4. The van der Waals surface area contributed by atoms with Crippen LogP contribution in [0.15, 0.2) is 65.6 Å². The lowest BCUT2D eigenvalue weighted by Gasteiger charge is -2.31. The molecule has 0 spiro atoms. The molecule has 4 amide bonds. The summed E-state index contributed by atoms with van der Waals surface area (Å²) in [5.41, 5.74) is 2.82. The van der Waals surface area contributed by atoms with E-state index in [4.69, 9.17) is 0 Å². The molecule has 0 atom stereocenters. The van der Waals surface area contributed by atoms with Crippen molar-refractivity contribution in [1.29, 1.82) is 0 Å². The molecule has 0 unspecified atom stereocenters. The molecule has 0 fully saturated rings. The third kappa shape index (κ3) is 9.44. The van der Waals surface area contributed by atoms with Crippen LogP contribution in [0.1, 0.15) is 108 Å². The molecule has 0 bridgehead atoms. The van der Waals surface area contributed by atoms with Crippen molar-refractivity contribution in [2.45, 2.75) is 74.1 Å². The van der Waals surface area contributed by atoms with Gasteiger partial charge in [-0.3, -0.25) is 24.1 Å². The van der Waals surface area contributed by atoms with Crippen LogP contribution in [-0.4, -0.2) is 74.7 Å². The summed E-state index contributed by atoms with van der Waals surface area (Å²) in [6, 6.07) is 14.9. The molecule has 6 rings (SSSR count). The number of imide groups is 2. The highest BCUT2D eigenvalue weighted by Gasteiger charge is 2.39. The maximum Gasteiger partial charge on any atom is 0.265 e. The maximum absolute atomic E-state index is 13.7. The Hall–Kier alpha value is -4.75. The van der Waals surface area contributed by atoms with Crippen LogP contribution in [0.25, 0.3) is 21.9 Å². The zero-order valence-electron chi connectivity index (χ0n) is 32.8. The lowest BCUT2D eigenvalue weighted by molar-refractivity contribution is 0.0649. The maximum atomic E-state index is 13.7. The second kappa shape index (κ2) is 19.9. The summed E-state index contributed by atoms with van der Waals surface area (Å²) in [6.07, 6.45) is 0. The van der Waals surface area contributed by atoms with Crippen LogP contribution >= 0.6 is 0 Å². The largest absolute Gasteiger partial charge is 0.744 e. The Bertz CT molecular complexity index is 2000. The van der Waals surface area contributed by atoms with Crippen molar-refractivity contribution < 1.29 is 32.1 Å². The molecule has 12 heteroatoms. The smallest absolute Gasteiger partial charge is 0.265 e. The van der Waals surface area contributed by atoms with Crippen LogP contribution in [0.3, 0.4) is 0 Å². The predicted molar refractivity (Wildman–Crippen MR) is 212 cm³/mol. The highest BCUT2D eigenvalue weighted by molar-refractivity contribution is 7.85. The van der Waals surface area contributed by atoms with E-state index in [9.17, 15) is 32.1 Å². The molecule has 53 heavy (non-hydrogen) atoms. The van der Waals surface area contributed by atoms with Crippen molar-refractivity contribution in [3.05, 3.63) is 94.0 Å². The van der Waals surface area contributed by atoms with Crippen molar-refractivity contribution >= 4 is 50.2 Å². The van der Waals surface area contributed by atoms with Crippen LogP contribution in [0, 0.1) is 13.8 Å². The number of nitrogens with zero attached hydrogens (tertiary/aromatic N) is 2. The number of rotatable bonds is 7. The lowest BCUT2D eigenvalue weighted by atomic mass is 9.86. The number of nitrogens with one attached hydrogen (secondary N) is 2. The summed E-state index contributed by atoms with van der Waals surface area (Å²) in [7, 11) is -3.65. The van der Waals surface area contributed by atoms with Gasteiger partial charge in [-0.1, -0.05) is 85.2 Å². The van der Waals surface area contributed by atoms with Gasteiger partial charge in [-0.15, -0.1) is 0 Å². The van der Waals surface area contributed by atoms with Gasteiger partial charge in [0.1, 0.15) is 10.1 Å². The second-order valence-corrected chi connectivity index (χ2v) is 12.9. The Morgan fingerprint density at radius 3 is 1.30 bits per heavy atom. The zero-order valence-corrected chi connectivity index (χ0v) is 33.6. The van der Waals surface area contributed by atoms with Gasteiger partial charge in [0.2, 0.25) is 0 Å². The predicted octanol–water partition coefficient (Wildman–Crippen LogP) is 7.34. The number of aryl methyl sites for hydroxylation is 2. The van der Waals surface area contributed by atoms with Gasteiger partial charge in [0.25, 0.3) is 23.6 Å². The molecule has 0 aliphatic carbocycles. The molecule has 4 aromatic carbocycles. The van der Waals surface area contributed by atoms with Gasteiger partial charge in [0, 0.05) is 40.1 Å². The topological polar surface area (TPSA) is 156 Å². The van der Waals surface area contributed by atoms with Crippen molar-refractivity contribution in [2.75, 3.05) is 38.1 Å². The zero-order chi connectivity index (χ0) is 40.2. The number of amides is 4. The molecule has 0 saturated heterocycles. The van der Waals surface area contributed by atoms with E-state index >= 15 is 0 Å². The van der Waals surface area contributed by atoms with E-state index in [1.54, 1.807) is 19.1 Å². The minimum Gasteiger partial charge on any atom is -0.744 e. The standard InChI is InChI=1S/C29H20N2O7S.2C4H11N.2C2H6/c1-14-4-6-17(15(2)12-14)18-7-5-16(13-23(18)39(36,37)38)31-28(34)21-10-8-19-24-20(27(33)30(3)26(19)32)9-11-22(25(21)24)29(31)35;2*1-3-5-4-2;2*1-2/h4-13H,1-3H3,(H,36,37,38);2*5H,3-4H2,1-2H3;2*1-2H3/p-1. The van der Waals surface area contributed by atoms with Crippen LogP contribution in [0.4, 0.5) is 5.69 Å². The van der Waals surface area contributed by atoms with Crippen LogP contribution in [-0.2, 0) is 10.1 Å². The van der Waals surface area contributed by atoms with E-state index in [0.717, 1.165) is 53.2 Å². The summed E-state index contributed by atoms with van der Waals surface area (Å²) in [4.78, 5) is 54.1. The van der Waals surface area contributed by atoms with Crippen molar-refractivity contribution in [3.8, 4) is 11.1 Å². The molecule has 2 aliphatic rings. The SMILES string of the molecule is CC.CC.CCNCC.CCNCC.Cc1ccc(-c2ccc(N3C(=O)c4ccc5c6c(ccc(c46)C3=O)C(=O)N(C)C5=O)cc2S(=O)(=O)[O-])c(C)c1. The number of carbonyl (C=O) groups is 4. The van der Waals surface area contributed by atoms with Crippen molar-refractivity contribution in [2.24, 2.45) is 0 Å². The number of hydrogen-bond acceptors (Lipinski definition) is 9. The van der Waals surface area contributed by atoms with E-state index < -0.39 is 38.6 Å². The number of carbonyl (C=O) groups excluding carboxylic acids is 4. The molecule has 2 N–H and O–H groups in total. The molecule has 2 heterocycles. The van der Waals surface area contributed by atoms with Gasteiger partial charge in [-0.25, -0.2) is 13.3 Å². The number of anilines is 1. The van der Waals surface area contributed by atoms with Gasteiger partial charge in [-0.2, -0.15) is 0 Å². The minimum absolute atomic E-state index is 0.0698. The second-order valence-electron chi connectivity index (χ2n) is 11.6. The molecule has 0 radical (unpaired) electrons. The molecule has 11 nitrogen and oxygen atoms in total. The van der Waals surface area contributed by atoms with Crippen molar-refractivity contribution in [1.82, 2.24) is 15.5 Å². The van der Waals surface area contributed by atoms with Gasteiger partial charge in [-0.05, 0) is 93.1 Å². The first-order valence-electron chi connectivity index (χ1n) is 18.1.